The van der Waals surface area contributed by atoms with Crippen molar-refractivity contribution in [1.29, 1.82) is 0 Å². The van der Waals surface area contributed by atoms with Crippen molar-refractivity contribution in [3.05, 3.63) is 135 Å². The van der Waals surface area contributed by atoms with Crippen LogP contribution < -0.4 is 9.47 Å². The van der Waals surface area contributed by atoms with Crippen molar-refractivity contribution < 1.29 is 88.5 Å². The molecule has 0 spiro atoms. The van der Waals surface area contributed by atoms with Crippen LogP contribution in [0.5, 0.6) is 11.5 Å². The van der Waals surface area contributed by atoms with Crippen molar-refractivity contribution in [2.75, 3.05) is 62.8 Å². The normalized spacial score (nSPS) is 12.8. The molecule has 0 radical (unpaired) electrons. The maximum atomic E-state index is 12.2. The zero-order valence-corrected chi connectivity index (χ0v) is 41.0. The second-order valence-corrected chi connectivity index (χ2v) is 19.8. The van der Waals surface area contributed by atoms with Gasteiger partial charge in [0.05, 0.1) is 13.2 Å². The molecule has 390 valence electrons. The first-order valence-electron chi connectivity index (χ1n) is 18.9. The van der Waals surface area contributed by atoms with E-state index in [2.05, 4.69) is 33.9 Å². The molecule has 0 saturated heterocycles. The van der Waals surface area contributed by atoms with Gasteiger partial charge in [0, 0.05) is 28.8 Å². The molecule has 0 aromatic heterocycles. The molecule has 70 heavy (non-hydrogen) atoms. The molecule has 1 heterocycles. The van der Waals surface area contributed by atoms with Crippen LogP contribution in [0.15, 0.2) is 53.4 Å². The van der Waals surface area contributed by atoms with Gasteiger partial charge < -0.3 is 48.1 Å². The Morgan fingerprint density at radius 3 is 1.54 bits per heavy atom. The lowest BCUT2D eigenvalue weighted by atomic mass is 10.2. The Balaban J connectivity index is 0.000000539. The number of esters is 1. The van der Waals surface area contributed by atoms with Crippen molar-refractivity contribution in [2.45, 2.75) is 37.9 Å². The summed E-state index contributed by atoms with van der Waals surface area (Å²) < 4.78 is 15.5. The molecule has 0 aliphatic carbocycles. The monoisotopic (exact) mass is 1120 g/mol. The number of hydrogen-bond acceptors (Lipinski definition) is 31. The molecule has 1 aliphatic heterocycles. The molecule has 32 nitrogen and oxygen atoms in total. The third-order valence-corrected chi connectivity index (χ3v) is 14.4. The van der Waals surface area contributed by atoms with Crippen molar-refractivity contribution in [3.63, 3.8) is 0 Å². The van der Waals surface area contributed by atoms with Gasteiger partial charge in [0.25, 0.3) is 35.6 Å². The molecular formula is C32H41N7O25S6. The van der Waals surface area contributed by atoms with E-state index in [0.717, 1.165) is 32.9 Å². The summed E-state index contributed by atoms with van der Waals surface area (Å²) in [5.41, 5.74) is 1.78. The fourth-order valence-corrected chi connectivity index (χ4v) is 11.1. The molecular weight excluding hydrogens is 1070 g/mol. The molecule has 4 atom stereocenters. The molecule has 1 aliphatic rings. The maximum Gasteiger partial charge on any atom is 0.345 e. The number of nitrogens with zero attached hydrogens (tertiary/aromatic N) is 7. The Morgan fingerprint density at radius 2 is 1.06 bits per heavy atom. The van der Waals surface area contributed by atoms with E-state index in [9.17, 15) is 75.6 Å². The van der Waals surface area contributed by atoms with E-state index >= 15 is 0 Å². The first kappa shape index (κ1) is 61.8. The molecule has 2 aromatic rings. The van der Waals surface area contributed by atoms with Gasteiger partial charge in [0.1, 0.15) is 43.0 Å². The lowest BCUT2D eigenvalue weighted by Crippen LogP contribution is -2.26. The number of carbonyl (C=O) groups is 1. The highest BCUT2D eigenvalue weighted by molar-refractivity contribution is 8.78. The van der Waals surface area contributed by atoms with E-state index in [4.69, 9.17) is 14.2 Å². The van der Waals surface area contributed by atoms with Crippen LogP contribution in [0.4, 0.5) is 0 Å². The van der Waals surface area contributed by atoms with Crippen LogP contribution in [-0.4, -0.2) is 123 Å². The summed E-state index contributed by atoms with van der Waals surface area (Å²) in [6.07, 6.45) is -1.67. The van der Waals surface area contributed by atoms with Gasteiger partial charge in [-0.05, 0) is 42.2 Å². The minimum atomic E-state index is -1.19. The van der Waals surface area contributed by atoms with E-state index in [1.54, 1.807) is 38.1 Å². The Labute approximate surface area is 417 Å². The molecule has 2 aromatic carbocycles. The number of fused-ring (bicyclic) bond motifs is 1. The van der Waals surface area contributed by atoms with Crippen molar-refractivity contribution in [3.8, 4) is 11.5 Å². The van der Waals surface area contributed by atoms with Gasteiger partial charge in [-0.1, -0.05) is 108 Å². The van der Waals surface area contributed by atoms with Gasteiger partial charge in [-0.2, -0.15) is 0 Å². The van der Waals surface area contributed by atoms with Crippen molar-refractivity contribution in [1.82, 2.24) is 0 Å². The zero-order valence-electron chi connectivity index (χ0n) is 36.1. The van der Waals surface area contributed by atoms with E-state index < -0.39 is 79.7 Å². The highest BCUT2D eigenvalue weighted by Gasteiger charge is 2.21. The van der Waals surface area contributed by atoms with E-state index in [1.807, 2.05) is 30.3 Å². The molecule has 0 amide bonds. The summed E-state index contributed by atoms with van der Waals surface area (Å²) in [4.78, 5) is 113. The summed E-state index contributed by atoms with van der Waals surface area (Å²) in [7, 11) is 7.30. The summed E-state index contributed by atoms with van der Waals surface area (Å²) >= 11 is 0. The second kappa shape index (κ2) is 36.7. The fourth-order valence-electron chi connectivity index (χ4n) is 4.10. The predicted molar refractivity (Wildman–Crippen MR) is 249 cm³/mol. The number of benzene rings is 2. The van der Waals surface area contributed by atoms with Gasteiger partial charge in [-0.25, -0.2) is 4.79 Å². The number of rotatable bonds is 35. The SMILES string of the molecule is CC(CO[N+](=O)[O-])CSSCC(CO[N+](=O)[O-])O[N+](=O)[O-].CCOC(=O)/C(=C/c1ccc2c(c1)OCO2)SSCC(CO[N+](=O)[O-])O[N+](=O)[O-].O=[N+]([O-])OCC(CSSCc1ccccc1)O[N+](=O)[O-]. The van der Waals surface area contributed by atoms with Crippen LogP contribution in [0, 0.1) is 76.7 Å². The Bertz CT molecular complexity index is 2000. The molecule has 4 unspecified atom stereocenters. The Morgan fingerprint density at radius 1 is 0.600 bits per heavy atom. The summed E-state index contributed by atoms with van der Waals surface area (Å²) in [6.45, 7) is 1.96. The minimum Gasteiger partial charge on any atom is -0.462 e. The fraction of sp³-hybridized carbons (Fsp3) is 0.531. The number of carbonyl (C=O) groups excluding carboxylic acids is 1. The zero-order chi connectivity index (χ0) is 52.3. The quantitative estimate of drug-likeness (QED) is 0.0195. The predicted octanol–water partition coefficient (Wildman–Crippen LogP) is 5.84. The average Bonchev–Trinajstić information content (AvgIpc) is 3.76. The minimum absolute atomic E-state index is 0.0557. The molecule has 0 N–H and O–H groups in total. The van der Waals surface area contributed by atoms with Crippen molar-refractivity contribution >= 4 is 76.8 Å². The number of ether oxygens (including phenoxy) is 3. The standard InChI is InChI=1S/C15H16N2O10S2.C10H12N2O6S2.C7H13N3O9S2/c1-2-23-15(18)14(6-10-3-4-12-13(5-10)25-9-24-12)29-28-8-11(27-17(21)22)7-26-16(19)20;13-11(14)17-6-10(18-12(15)16)8-20-19-7-9-4-2-1-3-5-9;1-6(2-17-8(11)12)4-20-21-5-7(19-10(15)16)3-18-9(13)14/h3-6,11H,2,7-9H2,1H3;1-5,10H,6-8H2;6-7H,2-5H2,1H3/b14-6-;;. The molecule has 3 rings (SSSR count). The first-order chi connectivity index (χ1) is 33.3. The molecule has 38 heteroatoms. The van der Waals surface area contributed by atoms with Gasteiger partial charge in [-0.3, -0.25) is 0 Å². The molecule has 0 bridgehead atoms. The lowest BCUT2D eigenvalue weighted by molar-refractivity contribution is -0.788. The molecule has 0 saturated carbocycles. The lowest BCUT2D eigenvalue weighted by Gasteiger charge is -2.13. The maximum absolute atomic E-state index is 12.2. The van der Waals surface area contributed by atoms with Crippen LogP contribution in [0.1, 0.15) is 25.0 Å². The molecule has 0 fully saturated rings. The topological polar surface area (TPSA) is 411 Å². The van der Waals surface area contributed by atoms with E-state index in [1.165, 1.54) is 43.2 Å². The van der Waals surface area contributed by atoms with Crippen LogP contribution in [-0.2, 0) is 49.1 Å². The van der Waals surface area contributed by atoms with Crippen LogP contribution in [0.2, 0.25) is 0 Å². The summed E-state index contributed by atoms with van der Waals surface area (Å²) in [5, 5.41) is 64.2. The second-order valence-electron chi connectivity index (χ2n) is 12.3. The average molecular weight is 1120 g/mol. The van der Waals surface area contributed by atoms with Gasteiger partial charge in [-0.15, -0.1) is 70.8 Å². The van der Waals surface area contributed by atoms with Gasteiger partial charge in [0.2, 0.25) is 6.79 Å². The van der Waals surface area contributed by atoms with Crippen LogP contribution in [0.25, 0.3) is 6.08 Å². The third kappa shape index (κ3) is 32.5. The summed E-state index contributed by atoms with van der Waals surface area (Å²) in [6, 6.07) is 14.8. The number of hydrogen-bond donors (Lipinski definition) is 0. The Hall–Kier alpha value is -6.25. The van der Waals surface area contributed by atoms with Gasteiger partial charge >= 0.3 is 5.97 Å². The third-order valence-electron chi connectivity index (χ3n) is 6.94. The first-order valence-corrected chi connectivity index (χ1v) is 26.2. The van der Waals surface area contributed by atoms with Crippen LogP contribution >= 0.6 is 64.8 Å². The van der Waals surface area contributed by atoms with E-state index in [-0.39, 0.29) is 48.1 Å². The smallest absolute Gasteiger partial charge is 0.345 e. The Kier molecular flexibility index (Phi) is 32.4. The van der Waals surface area contributed by atoms with Gasteiger partial charge in [0.15, 0.2) is 11.5 Å². The largest absolute Gasteiger partial charge is 0.462 e. The highest BCUT2D eigenvalue weighted by Crippen LogP contribution is 2.37. The van der Waals surface area contributed by atoms with Crippen molar-refractivity contribution in [2.24, 2.45) is 5.92 Å². The van der Waals surface area contributed by atoms with E-state index in [0.29, 0.717) is 22.8 Å². The summed E-state index contributed by atoms with van der Waals surface area (Å²) in [5.74, 6) is 1.91. The highest BCUT2D eigenvalue weighted by atomic mass is 33.1. The van der Waals surface area contributed by atoms with Crippen LogP contribution in [0.3, 0.4) is 0 Å².